The molecule has 2 aromatic carbocycles. The number of amides is 1. The second-order valence-electron chi connectivity index (χ2n) is 7.03. The van der Waals surface area contributed by atoms with Crippen molar-refractivity contribution in [1.29, 1.82) is 0 Å². The number of rotatable bonds is 8. The maximum absolute atomic E-state index is 13.2. The number of carbonyl (C=O) groups excluding carboxylic acids is 1. The van der Waals surface area contributed by atoms with Crippen molar-refractivity contribution in [2.45, 2.75) is 19.4 Å². The zero-order valence-corrected chi connectivity index (χ0v) is 16.6. The van der Waals surface area contributed by atoms with Gasteiger partial charge in [0.1, 0.15) is 5.82 Å². The van der Waals surface area contributed by atoms with Crippen molar-refractivity contribution in [3.63, 3.8) is 0 Å². The molecule has 0 bridgehead atoms. The number of pyridine rings is 1. The number of benzene rings is 2. The molecule has 1 amide bonds. The summed E-state index contributed by atoms with van der Waals surface area (Å²) in [5.41, 5.74) is 3.65. The first-order chi connectivity index (χ1) is 15.2. The number of halogens is 2. The summed E-state index contributed by atoms with van der Waals surface area (Å²) in [4.78, 5) is 20.7. The molecule has 4 aromatic rings. The van der Waals surface area contributed by atoms with Crippen LogP contribution in [0.5, 0.6) is 0 Å². The molecule has 0 aliphatic carbocycles. The van der Waals surface area contributed by atoms with Gasteiger partial charge >= 0.3 is 0 Å². The average molecular weight is 422 g/mol. The Morgan fingerprint density at radius 1 is 1.06 bits per heavy atom. The lowest BCUT2D eigenvalue weighted by atomic mass is 10.1. The van der Waals surface area contributed by atoms with Crippen LogP contribution >= 0.6 is 0 Å². The molecule has 0 radical (unpaired) electrons. The van der Waals surface area contributed by atoms with Crippen molar-refractivity contribution < 1.29 is 18.7 Å². The lowest BCUT2D eigenvalue weighted by Crippen LogP contribution is -2.23. The Balaban J connectivity index is 1.46. The first-order valence-corrected chi connectivity index (χ1v) is 9.84. The molecule has 0 saturated heterocycles. The number of hydrogen-bond acceptors (Lipinski definition) is 4. The molecular formula is C23H20F2N4O2. The Kier molecular flexibility index (Phi) is 6.28. The highest BCUT2D eigenvalue weighted by molar-refractivity contribution is 6.06. The molecule has 4 rings (SSSR count). The van der Waals surface area contributed by atoms with E-state index < -0.39 is 0 Å². The minimum atomic E-state index is -0.323. The van der Waals surface area contributed by atoms with Gasteiger partial charge in [-0.25, -0.2) is 9.07 Å². The SMILES string of the molecule is O=C(NCc1ccc(CCCOF)nc1)c1cccc2c1cnn2-c1ccc(F)cc1. The highest BCUT2D eigenvalue weighted by Crippen LogP contribution is 2.22. The van der Waals surface area contributed by atoms with Crippen LogP contribution in [0, 0.1) is 5.82 Å². The van der Waals surface area contributed by atoms with E-state index in [-0.39, 0.29) is 18.3 Å². The molecule has 0 spiro atoms. The maximum Gasteiger partial charge on any atom is 0.252 e. The maximum atomic E-state index is 13.2. The minimum absolute atomic E-state index is 0.0444. The van der Waals surface area contributed by atoms with E-state index in [1.54, 1.807) is 41.3 Å². The van der Waals surface area contributed by atoms with Crippen LogP contribution in [0.4, 0.5) is 8.92 Å². The van der Waals surface area contributed by atoms with E-state index in [2.05, 4.69) is 20.3 Å². The molecule has 0 atom stereocenters. The summed E-state index contributed by atoms with van der Waals surface area (Å²) in [5.74, 6) is -0.551. The van der Waals surface area contributed by atoms with E-state index >= 15 is 0 Å². The van der Waals surface area contributed by atoms with Gasteiger partial charge in [0.05, 0.1) is 29.6 Å². The summed E-state index contributed by atoms with van der Waals surface area (Å²) in [6, 6.07) is 15.1. The Morgan fingerprint density at radius 3 is 2.65 bits per heavy atom. The topological polar surface area (TPSA) is 69.0 Å². The zero-order valence-electron chi connectivity index (χ0n) is 16.6. The van der Waals surface area contributed by atoms with Gasteiger partial charge in [-0.05, 0) is 65.4 Å². The van der Waals surface area contributed by atoms with E-state index in [0.717, 1.165) is 16.8 Å². The number of aromatic nitrogens is 3. The second kappa shape index (κ2) is 9.44. The Labute approximate surface area is 177 Å². The Hall–Kier alpha value is -3.65. The van der Waals surface area contributed by atoms with Crippen LogP contribution in [0.3, 0.4) is 0 Å². The van der Waals surface area contributed by atoms with Crippen LogP contribution < -0.4 is 5.32 Å². The van der Waals surface area contributed by atoms with Crippen molar-refractivity contribution in [3.05, 3.63) is 89.6 Å². The molecule has 1 N–H and O–H groups in total. The van der Waals surface area contributed by atoms with Gasteiger partial charge in [0.25, 0.3) is 5.91 Å². The van der Waals surface area contributed by atoms with Crippen LogP contribution in [0.1, 0.15) is 28.0 Å². The van der Waals surface area contributed by atoms with E-state index in [9.17, 15) is 13.7 Å². The van der Waals surface area contributed by atoms with Gasteiger partial charge in [0.2, 0.25) is 0 Å². The normalized spacial score (nSPS) is 11.0. The number of fused-ring (bicyclic) bond motifs is 1. The third-order valence-electron chi connectivity index (χ3n) is 4.92. The van der Waals surface area contributed by atoms with Gasteiger partial charge in [-0.3, -0.25) is 9.78 Å². The average Bonchev–Trinajstić information content (AvgIpc) is 3.23. The van der Waals surface area contributed by atoms with Crippen molar-refractivity contribution >= 4 is 16.8 Å². The van der Waals surface area contributed by atoms with Crippen molar-refractivity contribution in [3.8, 4) is 5.69 Å². The van der Waals surface area contributed by atoms with Crippen molar-refractivity contribution in [2.75, 3.05) is 6.61 Å². The highest BCUT2D eigenvalue weighted by atomic mass is 19.3. The number of nitrogens with one attached hydrogen (secondary N) is 1. The van der Waals surface area contributed by atoms with Gasteiger partial charge in [-0.1, -0.05) is 12.1 Å². The van der Waals surface area contributed by atoms with Crippen LogP contribution in [-0.2, 0) is 17.9 Å². The molecule has 0 aliphatic heterocycles. The van der Waals surface area contributed by atoms with Gasteiger partial charge in [0.15, 0.2) is 0 Å². The van der Waals surface area contributed by atoms with Crippen molar-refractivity contribution in [2.24, 2.45) is 0 Å². The second-order valence-corrected chi connectivity index (χ2v) is 7.03. The summed E-state index contributed by atoms with van der Waals surface area (Å²) in [5, 5.41) is 7.97. The highest BCUT2D eigenvalue weighted by Gasteiger charge is 2.14. The Bertz CT molecular complexity index is 1170. The van der Waals surface area contributed by atoms with Crippen molar-refractivity contribution in [1.82, 2.24) is 20.1 Å². The molecular weight excluding hydrogens is 402 g/mol. The number of aryl methyl sites for hydroxylation is 1. The summed E-state index contributed by atoms with van der Waals surface area (Å²) in [7, 11) is 0. The van der Waals surface area contributed by atoms with Gasteiger partial charge in [-0.15, -0.1) is 0 Å². The van der Waals surface area contributed by atoms with Crippen LogP contribution in [0.25, 0.3) is 16.6 Å². The molecule has 0 unspecified atom stereocenters. The number of nitrogens with zero attached hydrogens (tertiary/aromatic N) is 3. The first-order valence-electron chi connectivity index (χ1n) is 9.84. The summed E-state index contributed by atoms with van der Waals surface area (Å²) in [6.45, 7) is 0.366. The largest absolute Gasteiger partial charge is 0.348 e. The van der Waals surface area contributed by atoms with Gasteiger partial charge in [0, 0.05) is 23.8 Å². The number of carbonyl (C=O) groups is 1. The monoisotopic (exact) mass is 422 g/mol. The van der Waals surface area contributed by atoms with Crippen LogP contribution in [-0.4, -0.2) is 27.3 Å². The van der Waals surface area contributed by atoms with Gasteiger partial charge < -0.3 is 5.32 Å². The summed E-state index contributed by atoms with van der Waals surface area (Å²) in [6.07, 6.45) is 4.50. The third kappa shape index (κ3) is 4.75. The first kappa shape index (κ1) is 20.6. The van der Waals surface area contributed by atoms with Gasteiger partial charge in [-0.2, -0.15) is 10.0 Å². The lowest BCUT2D eigenvalue weighted by Gasteiger charge is -2.08. The fourth-order valence-corrected chi connectivity index (χ4v) is 3.33. The molecule has 0 aliphatic rings. The predicted molar refractivity (Wildman–Crippen MR) is 112 cm³/mol. The summed E-state index contributed by atoms with van der Waals surface area (Å²) < 4.78 is 26.6. The fraction of sp³-hybridized carbons (Fsp3) is 0.174. The van der Waals surface area contributed by atoms with E-state index in [1.807, 2.05) is 18.2 Å². The van der Waals surface area contributed by atoms with E-state index in [4.69, 9.17) is 0 Å². The predicted octanol–water partition coefficient (Wildman–Crippen LogP) is 4.32. The number of hydrogen-bond donors (Lipinski definition) is 1. The molecule has 0 fully saturated rings. The lowest BCUT2D eigenvalue weighted by molar-refractivity contribution is -0.132. The quantitative estimate of drug-likeness (QED) is 0.430. The third-order valence-corrected chi connectivity index (χ3v) is 4.92. The fourth-order valence-electron chi connectivity index (χ4n) is 3.33. The van der Waals surface area contributed by atoms with E-state index in [1.165, 1.54) is 12.1 Å². The molecule has 8 heteroatoms. The smallest absolute Gasteiger partial charge is 0.252 e. The van der Waals surface area contributed by atoms with Crippen LogP contribution in [0.2, 0.25) is 0 Å². The van der Waals surface area contributed by atoms with Crippen LogP contribution in [0.15, 0.2) is 67.0 Å². The molecule has 2 heterocycles. The van der Waals surface area contributed by atoms with E-state index in [0.29, 0.717) is 36.0 Å². The zero-order chi connectivity index (χ0) is 21.6. The minimum Gasteiger partial charge on any atom is -0.348 e. The molecule has 6 nitrogen and oxygen atoms in total. The molecule has 31 heavy (non-hydrogen) atoms. The molecule has 0 saturated carbocycles. The standard InChI is InChI=1S/C23H20F2N4O2/c24-17-7-10-19(11-8-17)29-22-5-1-4-20(21(22)15-28-29)23(30)27-14-16-6-9-18(26-13-16)3-2-12-31-25/h1,4-11,13,15H,2-3,12,14H2,(H,27,30). The molecule has 2 aromatic heterocycles. The summed E-state index contributed by atoms with van der Waals surface area (Å²) >= 11 is 0. The Morgan fingerprint density at radius 2 is 1.90 bits per heavy atom. The molecule has 158 valence electrons.